The van der Waals surface area contributed by atoms with E-state index in [1.54, 1.807) is 6.20 Å². The zero-order chi connectivity index (χ0) is 31.6. The Balaban J connectivity index is 1.34. The van der Waals surface area contributed by atoms with Crippen molar-refractivity contribution in [1.29, 1.82) is 0 Å². The predicted molar refractivity (Wildman–Crippen MR) is 193 cm³/mol. The van der Waals surface area contributed by atoms with Crippen LogP contribution in [0.4, 0.5) is 0 Å². The first-order valence-electron chi connectivity index (χ1n) is 15.9. The SMILES string of the molecule is c1ccc(-c2nc(-c3nccc4oc5ccccc5c34)nc(-n3c4ccccc4c4c5ccccc5c(-c5ccccc5)cc43)n2)cc1. The van der Waals surface area contributed by atoms with Gasteiger partial charge in [0.05, 0.1) is 16.4 Å². The minimum atomic E-state index is 0.478. The van der Waals surface area contributed by atoms with E-state index in [1.165, 1.54) is 10.8 Å². The second kappa shape index (κ2) is 10.4. The Kier molecular flexibility index (Phi) is 5.77. The molecule has 0 atom stereocenters. The third-order valence-corrected chi connectivity index (χ3v) is 9.12. The van der Waals surface area contributed by atoms with Gasteiger partial charge in [0.1, 0.15) is 16.9 Å². The summed E-state index contributed by atoms with van der Waals surface area (Å²) >= 11 is 0. The number of pyridine rings is 1. The lowest BCUT2D eigenvalue weighted by Crippen LogP contribution is -2.07. The quantitative estimate of drug-likeness (QED) is 0.197. The molecule has 0 N–H and O–H groups in total. The molecule has 0 aliphatic carbocycles. The monoisotopic (exact) mass is 615 g/mol. The molecule has 4 aromatic heterocycles. The lowest BCUT2D eigenvalue weighted by atomic mass is 9.95. The van der Waals surface area contributed by atoms with E-state index in [1.807, 2.05) is 54.6 Å². The van der Waals surface area contributed by atoms with Crippen LogP contribution >= 0.6 is 0 Å². The summed E-state index contributed by atoms with van der Waals surface area (Å²) in [6, 6.07) is 49.9. The van der Waals surface area contributed by atoms with Crippen LogP contribution < -0.4 is 0 Å². The first-order valence-corrected chi connectivity index (χ1v) is 15.9. The molecule has 10 rings (SSSR count). The lowest BCUT2D eigenvalue weighted by molar-refractivity contribution is 0.668. The first kappa shape index (κ1) is 26.5. The van der Waals surface area contributed by atoms with Gasteiger partial charge in [-0.1, -0.05) is 121 Å². The number of furan rings is 1. The van der Waals surface area contributed by atoms with E-state index in [-0.39, 0.29) is 0 Å². The van der Waals surface area contributed by atoms with Crippen LogP contribution in [0.1, 0.15) is 0 Å². The summed E-state index contributed by atoms with van der Waals surface area (Å²) in [5, 5.41) is 6.51. The van der Waals surface area contributed by atoms with Crippen molar-refractivity contribution in [3.8, 4) is 40.0 Å². The topological polar surface area (TPSA) is 69.6 Å². The molecule has 0 radical (unpaired) electrons. The number of hydrogen-bond donors (Lipinski definition) is 0. The van der Waals surface area contributed by atoms with E-state index >= 15 is 0 Å². The van der Waals surface area contributed by atoms with Gasteiger partial charge in [-0.15, -0.1) is 0 Å². The summed E-state index contributed by atoms with van der Waals surface area (Å²) in [6.45, 7) is 0. The van der Waals surface area contributed by atoms with Gasteiger partial charge in [-0.25, -0.2) is 4.98 Å². The normalized spacial score (nSPS) is 11.8. The molecule has 0 saturated carbocycles. The average Bonchev–Trinajstić information content (AvgIpc) is 3.71. The molecular weight excluding hydrogens is 590 g/mol. The lowest BCUT2D eigenvalue weighted by Gasteiger charge is -2.13. The van der Waals surface area contributed by atoms with Crippen LogP contribution in [-0.4, -0.2) is 24.5 Å². The highest BCUT2D eigenvalue weighted by atomic mass is 16.3. The maximum atomic E-state index is 6.23. The van der Waals surface area contributed by atoms with E-state index in [4.69, 9.17) is 24.4 Å². The van der Waals surface area contributed by atoms with Crippen LogP contribution in [0.15, 0.2) is 156 Å². The van der Waals surface area contributed by atoms with E-state index < -0.39 is 0 Å². The molecular formula is C42H25N5O. The summed E-state index contributed by atoms with van der Waals surface area (Å²) in [7, 11) is 0. The zero-order valence-electron chi connectivity index (χ0n) is 25.6. The Bertz CT molecular complexity index is 2840. The molecule has 0 fully saturated rings. The van der Waals surface area contributed by atoms with Crippen molar-refractivity contribution in [3.63, 3.8) is 0 Å². The van der Waals surface area contributed by atoms with Gasteiger partial charge in [0, 0.05) is 27.9 Å². The number of hydrogen-bond acceptors (Lipinski definition) is 5. The highest BCUT2D eigenvalue weighted by Gasteiger charge is 2.22. The minimum Gasteiger partial charge on any atom is -0.456 e. The molecule has 224 valence electrons. The largest absolute Gasteiger partial charge is 0.456 e. The van der Waals surface area contributed by atoms with Crippen molar-refractivity contribution in [2.45, 2.75) is 0 Å². The van der Waals surface area contributed by atoms with Gasteiger partial charge >= 0.3 is 0 Å². The van der Waals surface area contributed by atoms with Gasteiger partial charge in [-0.05, 0) is 46.2 Å². The Labute approximate surface area is 274 Å². The smallest absolute Gasteiger partial charge is 0.238 e. The average molecular weight is 616 g/mol. The number of aromatic nitrogens is 5. The molecule has 0 saturated heterocycles. The molecule has 0 aliphatic rings. The van der Waals surface area contributed by atoms with Gasteiger partial charge in [0.15, 0.2) is 11.6 Å². The van der Waals surface area contributed by atoms with Crippen LogP contribution in [0.2, 0.25) is 0 Å². The fraction of sp³-hybridized carbons (Fsp3) is 0. The summed E-state index contributed by atoms with van der Waals surface area (Å²) in [5.74, 6) is 1.56. The maximum Gasteiger partial charge on any atom is 0.238 e. The molecule has 6 nitrogen and oxygen atoms in total. The van der Waals surface area contributed by atoms with E-state index in [0.29, 0.717) is 23.3 Å². The fourth-order valence-electron chi connectivity index (χ4n) is 7.03. The van der Waals surface area contributed by atoms with Crippen molar-refractivity contribution in [3.05, 3.63) is 152 Å². The molecule has 6 aromatic carbocycles. The number of nitrogens with zero attached hydrogens (tertiary/aromatic N) is 5. The van der Waals surface area contributed by atoms with Crippen molar-refractivity contribution < 1.29 is 4.42 Å². The maximum absolute atomic E-state index is 6.23. The van der Waals surface area contributed by atoms with Gasteiger partial charge in [-0.2, -0.15) is 9.97 Å². The molecule has 0 bridgehead atoms. The van der Waals surface area contributed by atoms with Gasteiger partial charge < -0.3 is 4.42 Å². The van der Waals surface area contributed by atoms with Crippen LogP contribution in [0, 0.1) is 0 Å². The van der Waals surface area contributed by atoms with Crippen molar-refractivity contribution in [2.24, 2.45) is 0 Å². The third kappa shape index (κ3) is 3.99. The number of fused-ring (bicyclic) bond motifs is 8. The van der Waals surface area contributed by atoms with Crippen molar-refractivity contribution in [1.82, 2.24) is 24.5 Å². The molecule has 4 heterocycles. The predicted octanol–water partition coefficient (Wildman–Crippen LogP) is 10.4. The first-order chi connectivity index (χ1) is 23.8. The number of para-hydroxylation sites is 2. The van der Waals surface area contributed by atoms with Gasteiger partial charge in [0.25, 0.3) is 0 Å². The van der Waals surface area contributed by atoms with Gasteiger partial charge in [0.2, 0.25) is 5.95 Å². The fourth-order valence-corrected chi connectivity index (χ4v) is 7.03. The zero-order valence-corrected chi connectivity index (χ0v) is 25.6. The van der Waals surface area contributed by atoms with Crippen LogP contribution in [0.3, 0.4) is 0 Å². The molecule has 0 unspecified atom stereocenters. The molecule has 0 amide bonds. The van der Waals surface area contributed by atoms with E-state index in [2.05, 4.69) is 95.6 Å². The summed E-state index contributed by atoms with van der Waals surface area (Å²) in [6.07, 6.45) is 1.75. The highest BCUT2D eigenvalue weighted by molar-refractivity contribution is 6.24. The Morgan fingerprint density at radius 3 is 1.92 bits per heavy atom. The minimum absolute atomic E-state index is 0.478. The summed E-state index contributed by atoms with van der Waals surface area (Å²) < 4.78 is 8.40. The highest BCUT2D eigenvalue weighted by Crippen LogP contribution is 2.41. The third-order valence-electron chi connectivity index (χ3n) is 9.12. The van der Waals surface area contributed by atoms with Crippen LogP contribution in [0.5, 0.6) is 0 Å². The van der Waals surface area contributed by atoms with E-state index in [9.17, 15) is 0 Å². The Hall–Kier alpha value is -6.66. The van der Waals surface area contributed by atoms with Crippen LogP contribution in [-0.2, 0) is 0 Å². The molecule has 0 spiro atoms. The van der Waals surface area contributed by atoms with Crippen LogP contribution in [0.25, 0.3) is 94.5 Å². The Morgan fingerprint density at radius 1 is 0.458 bits per heavy atom. The standard InChI is InChI=1S/C42H25N5O/c1-3-13-26(14-4-1)32-25-34-37(29-18-8-7-17-28(29)32)30-19-9-11-21-33(30)47(34)42-45-40(27-15-5-2-6-16-27)44-41(46-42)39-38-31-20-10-12-22-35(31)48-36(38)23-24-43-39/h1-25H. The number of rotatable bonds is 4. The van der Waals surface area contributed by atoms with Crippen molar-refractivity contribution in [2.75, 3.05) is 0 Å². The van der Waals surface area contributed by atoms with Crippen molar-refractivity contribution >= 4 is 54.5 Å². The molecule has 6 heteroatoms. The number of benzene rings is 6. The second-order valence-electron chi connectivity index (χ2n) is 11.9. The summed E-state index contributed by atoms with van der Waals surface area (Å²) in [4.78, 5) is 20.3. The Morgan fingerprint density at radius 2 is 1.10 bits per heavy atom. The molecule has 48 heavy (non-hydrogen) atoms. The summed E-state index contributed by atoms with van der Waals surface area (Å²) in [5.41, 5.74) is 7.40. The second-order valence-corrected chi connectivity index (χ2v) is 11.9. The molecule has 0 aliphatic heterocycles. The van der Waals surface area contributed by atoms with Gasteiger partial charge in [-0.3, -0.25) is 9.55 Å². The van der Waals surface area contributed by atoms with E-state index in [0.717, 1.165) is 60.4 Å². The molecule has 10 aromatic rings.